The lowest BCUT2D eigenvalue weighted by Crippen LogP contribution is -2.30. The zero-order chi connectivity index (χ0) is 24.2. The summed E-state index contributed by atoms with van der Waals surface area (Å²) >= 11 is 0. The lowest BCUT2D eigenvalue weighted by Gasteiger charge is -2.40. The summed E-state index contributed by atoms with van der Waals surface area (Å²) in [5.74, 6) is -0.467. The number of carbonyl (C=O) groups is 1. The number of nitrogens with one attached hydrogen (secondary N) is 1. The maximum Gasteiger partial charge on any atom is 0.333 e. The Morgan fingerprint density at radius 2 is 1.62 bits per heavy atom. The first-order valence-corrected chi connectivity index (χ1v) is 11.5. The summed E-state index contributed by atoms with van der Waals surface area (Å²) in [4.78, 5) is 35.3. The molecule has 1 aromatic heterocycles. The largest absolute Gasteiger partial charge is 0.462 e. The highest BCUT2D eigenvalue weighted by atomic mass is 32.5. The van der Waals surface area contributed by atoms with Gasteiger partial charge >= 0.3 is 21.9 Å². The van der Waals surface area contributed by atoms with Gasteiger partial charge in [0, 0.05) is 18.3 Å². The third-order valence-corrected chi connectivity index (χ3v) is 5.66. The van der Waals surface area contributed by atoms with E-state index < -0.39 is 32.3 Å². The van der Waals surface area contributed by atoms with E-state index in [1.54, 1.807) is 6.92 Å². The molecule has 0 radical (unpaired) electrons. The predicted octanol–water partition coefficient (Wildman–Crippen LogP) is 5.54. The first kappa shape index (κ1) is 25.4. The van der Waals surface area contributed by atoms with Gasteiger partial charge in [-0.3, -0.25) is 14.3 Å². The van der Waals surface area contributed by atoms with Crippen molar-refractivity contribution < 1.29 is 29.0 Å². The van der Waals surface area contributed by atoms with E-state index >= 15 is 0 Å². The summed E-state index contributed by atoms with van der Waals surface area (Å²) in [6.45, 7) is 5.47. The minimum Gasteiger partial charge on any atom is -0.462 e. The molecule has 0 spiro atoms. The highest BCUT2D eigenvalue weighted by molar-refractivity contribution is 8.45. The molecule has 12 heteroatoms. The summed E-state index contributed by atoms with van der Waals surface area (Å²) in [5.41, 5.74) is -1.39. The summed E-state index contributed by atoms with van der Waals surface area (Å²) in [7, 11) is -9.82. The molecule has 0 aliphatic rings. The van der Waals surface area contributed by atoms with Crippen molar-refractivity contribution in [3.05, 3.63) is 63.5 Å². The summed E-state index contributed by atoms with van der Waals surface area (Å²) in [6.07, 6.45) is 3.74. The van der Waals surface area contributed by atoms with E-state index in [1.165, 1.54) is 10.8 Å². The molecule has 0 atom stereocenters. The highest BCUT2D eigenvalue weighted by Gasteiger charge is 2.65. The number of aryl methyl sites for hydroxylation is 1. The molecular weight excluding hydrogens is 459 g/mol. The van der Waals surface area contributed by atoms with E-state index in [0.29, 0.717) is 31.3 Å². The highest BCUT2D eigenvalue weighted by Crippen LogP contribution is 3.02. The summed E-state index contributed by atoms with van der Waals surface area (Å²) in [6, 6.07) is 1.96. The van der Waals surface area contributed by atoms with E-state index in [1.807, 2.05) is 0 Å². The minimum absolute atomic E-state index is 0.0371. The Balaban J connectivity index is 2.03. The van der Waals surface area contributed by atoms with Gasteiger partial charge in [0.25, 0.3) is 5.56 Å². The summed E-state index contributed by atoms with van der Waals surface area (Å²) < 4.78 is 70.5. The van der Waals surface area contributed by atoms with Gasteiger partial charge in [-0.05, 0) is 43.9 Å². The van der Waals surface area contributed by atoms with Crippen molar-refractivity contribution >= 4 is 16.2 Å². The van der Waals surface area contributed by atoms with Crippen molar-refractivity contribution in [2.24, 2.45) is 0 Å². The Kier molecular flexibility index (Phi) is 6.79. The number of unbranched alkanes of at least 4 members (excludes halogenated alkanes) is 3. The maximum absolute atomic E-state index is 12.9. The number of rotatable bonds is 10. The molecule has 2 rings (SSSR count). The molecule has 178 valence electrons. The Morgan fingerprint density at radius 3 is 2.19 bits per heavy atom. The molecule has 0 saturated carbocycles. The Bertz CT molecular complexity index is 1120. The molecule has 0 aliphatic heterocycles. The van der Waals surface area contributed by atoms with Crippen LogP contribution < -0.4 is 11.2 Å². The minimum atomic E-state index is -9.82. The second-order valence-corrected chi connectivity index (χ2v) is 9.73. The van der Waals surface area contributed by atoms with E-state index in [-0.39, 0.29) is 36.4 Å². The van der Waals surface area contributed by atoms with Crippen LogP contribution in [0.15, 0.2) is 57.1 Å². The van der Waals surface area contributed by atoms with Gasteiger partial charge in [0.1, 0.15) is 4.90 Å². The number of nitrogens with zero attached hydrogens (tertiary/aromatic N) is 1. The van der Waals surface area contributed by atoms with Crippen LogP contribution in [0.5, 0.6) is 0 Å². The van der Waals surface area contributed by atoms with Crippen molar-refractivity contribution in [1.29, 1.82) is 0 Å². The molecule has 0 aliphatic carbocycles. The molecule has 0 bridgehead atoms. The monoisotopic (exact) mass is 482 g/mol. The second kappa shape index (κ2) is 8.57. The maximum atomic E-state index is 12.9. The number of ether oxygens (including phenoxy) is 1. The average Bonchev–Trinajstić information content (AvgIpc) is 2.66. The van der Waals surface area contributed by atoms with Crippen LogP contribution in [0.3, 0.4) is 0 Å². The van der Waals surface area contributed by atoms with Gasteiger partial charge in [-0.25, -0.2) is 9.59 Å². The SMILES string of the molecule is C=C(C)C(=O)OCCCCCCn1cc(-c2ccc(S(F)(F)(F)(F)F)cc2)c(=O)[nH]c1=O. The molecule has 0 amide bonds. The average molecular weight is 482 g/mol. The quantitative estimate of drug-likeness (QED) is 0.209. The van der Waals surface area contributed by atoms with Gasteiger partial charge in [-0.1, -0.05) is 44.6 Å². The van der Waals surface area contributed by atoms with Crippen LogP contribution in [-0.2, 0) is 16.1 Å². The van der Waals surface area contributed by atoms with Crippen LogP contribution in [0.25, 0.3) is 11.1 Å². The number of aromatic amines is 1. The number of aromatic nitrogens is 2. The normalized spacial score (nSPS) is 13.8. The van der Waals surface area contributed by atoms with Gasteiger partial charge in [-0.15, -0.1) is 0 Å². The molecule has 1 aromatic carbocycles. The first-order valence-electron chi connectivity index (χ1n) is 9.59. The summed E-state index contributed by atoms with van der Waals surface area (Å²) in [5, 5.41) is 0. The zero-order valence-corrected chi connectivity index (χ0v) is 18.0. The van der Waals surface area contributed by atoms with E-state index in [4.69, 9.17) is 4.74 Å². The van der Waals surface area contributed by atoms with E-state index in [2.05, 4.69) is 11.6 Å². The topological polar surface area (TPSA) is 81.2 Å². The first-order chi connectivity index (χ1) is 14.6. The number of benzene rings is 1. The Hall–Kier alpha value is -2.89. The number of esters is 1. The molecule has 0 unspecified atom stereocenters. The molecule has 1 heterocycles. The van der Waals surface area contributed by atoms with Gasteiger partial charge in [0.05, 0.1) is 12.2 Å². The predicted molar refractivity (Wildman–Crippen MR) is 112 cm³/mol. The van der Waals surface area contributed by atoms with Crippen molar-refractivity contribution in [3.8, 4) is 11.1 Å². The standard InChI is InChI=1S/C20H23F5N2O4S/c1-14(2)19(29)31-12-6-4-3-5-11-27-13-17(18(28)26-20(27)30)15-7-9-16(10-8-15)32(21,22,23,24)25/h7-10,13H,1,3-6,11-12H2,2H3,(H,26,28,30). The Morgan fingerprint density at radius 1 is 1.03 bits per heavy atom. The number of halogens is 5. The van der Waals surface area contributed by atoms with Crippen LogP contribution in [0, 0.1) is 0 Å². The van der Waals surface area contributed by atoms with Gasteiger partial charge in [-0.2, -0.15) is 0 Å². The molecular formula is C20H23F5N2O4S. The van der Waals surface area contributed by atoms with Gasteiger partial charge in [0.15, 0.2) is 0 Å². The molecule has 0 saturated heterocycles. The number of carbonyl (C=O) groups excluding carboxylic acids is 1. The van der Waals surface area contributed by atoms with Crippen molar-refractivity contribution in [2.45, 2.75) is 44.0 Å². The zero-order valence-electron chi connectivity index (χ0n) is 17.2. The molecule has 0 fully saturated rings. The van der Waals surface area contributed by atoms with Crippen LogP contribution >= 0.6 is 10.2 Å². The molecule has 32 heavy (non-hydrogen) atoms. The second-order valence-electron chi connectivity index (χ2n) is 7.32. The lowest BCUT2D eigenvalue weighted by molar-refractivity contribution is -0.139. The van der Waals surface area contributed by atoms with Crippen molar-refractivity contribution in [3.63, 3.8) is 0 Å². The fraction of sp³-hybridized carbons (Fsp3) is 0.350. The van der Waals surface area contributed by atoms with E-state index in [0.717, 1.165) is 12.1 Å². The van der Waals surface area contributed by atoms with E-state index in [9.17, 15) is 33.8 Å². The molecule has 1 N–H and O–H groups in total. The molecule has 6 nitrogen and oxygen atoms in total. The van der Waals surface area contributed by atoms with Crippen LogP contribution in [-0.4, -0.2) is 22.1 Å². The third kappa shape index (κ3) is 7.08. The lowest BCUT2D eigenvalue weighted by atomic mass is 10.1. The third-order valence-electron chi connectivity index (χ3n) is 4.50. The van der Waals surface area contributed by atoms with Crippen LogP contribution in [0.2, 0.25) is 0 Å². The van der Waals surface area contributed by atoms with Gasteiger partial charge < -0.3 is 4.74 Å². The van der Waals surface area contributed by atoms with Crippen LogP contribution in [0.4, 0.5) is 19.4 Å². The smallest absolute Gasteiger partial charge is 0.333 e. The fourth-order valence-corrected chi connectivity index (χ4v) is 3.45. The van der Waals surface area contributed by atoms with Crippen molar-refractivity contribution in [1.82, 2.24) is 9.55 Å². The van der Waals surface area contributed by atoms with Crippen molar-refractivity contribution in [2.75, 3.05) is 6.61 Å². The Labute approximate surface area is 180 Å². The fourth-order valence-electron chi connectivity index (χ4n) is 2.80. The van der Waals surface area contributed by atoms with Crippen LogP contribution in [0.1, 0.15) is 32.6 Å². The number of hydrogen-bond acceptors (Lipinski definition) is 4. The van der Waals surface area contributed by atoms with Gasteiger partial charge in [0.2, 0.25) is 0 Å². The number of hydrogen-bond donors (Lipinski definition) is 1. The number of H-pyrrole nitrogens is 1. The molecule has 2 aromatic rings.